The molecule has 0 N–H and O–H groups in total. The molecule has 1 aliphatic rings. The monoisotopic (exact) mass is 411 g/mol. The molecule has 5 nitrogen and oxygen atoms in total. The van der Waals surface area contributed by atoms with Gasteiger partial charge in [0.25, 0.3) is 5.56 Å². The molecular weight excluding hydrogens is 390 g/mol. The highest BCUT2D eigenvalue weighted by atomic mass is 32.2. The molecule has 7 heteroatoms. The van der Waals surface area contributed by atoms with Gasteiger partial charge in [0.05, 0.1) is 11.1 Å². The summed E-state index contributed by atoms with van der Waals surface area (Å²) in [5.74, 6) is 0.185. The largest absolute Gasteiger partial charge is 0.293 e. The second-order valence-corrected chi connectivity index (χ2v) is 9.11. The fraction of sp³-hybridized carbons (Fsp3) is 0.333. The molecule has 0 saturated heterocycles. The van der Waals surface area contributed by atoms with E-state index in [9.17, 15) is 9.59 Å². The first kappa shape index (κ1) is 19.1. The lowest BCUT2D eigenvalue weighted by molar-refractivity contribution is 0.102. The van der Waals surface area contributed by atoms with Crippen molar-refractivity contribution < 1.29 is 4.79 Å². The van der Waals surface area contributed by atoms with Crippen molar-refractivity contribution in [3.8, 4) is 0 Å². The van der Waals surface area contributed by atoms with Crippen LogP contribution in [0.5, 0.6) is 0 Å². The summed E-state index contributed by atoms with van der Waals surface area (Å²) in [6.07, 6.45) is 7.47. The van der Waals surface area contributed by atoms with Crippen molar-refractivity contribution in [1.82, 2.24) is 14.5 Å². The SMILES string of the molecule is C=C(C)Cn1c(SCC(=O)c2cccnc2)nc2sc3c(c2c1=O)CCCC3. The van der Waals surface area contributed by atoms with Crippen molar-refractivity contribution in [2.75, 3.05) is 5.75 Å². The molecule has 0 aliphatic heterocycles. The first-order valence-electron chi connectivity index (χ1n) is 9.30. The highest BCUT2D eigenvalue weighted by Crippen LogP contribution is 2.34. The number of carbonyl (C=O) groups is 1. The van der Waals surface area contributed by atoms with Crippen LogP contribution >= 0.6 is 23.1 Å². The molecule has 0 unspecified atom stereocenters. The van der Waals surface area contributed by atoms with Crippen molar-refractivity contribution >= 4 is 39.1 Å². The van der Waals surface area contributed by atoms with Gasteiger partial charge >= 0.3 is 0 Å². The highest BCUT2D eigenvalue weighted by Gasteiger charge is 2.22. The number of fused-ring (bicyclic) bond motifs is 3. The lowest BCUT2D eigenvalue weighted by Crippen LogP contribution is -2.24. The summed E-state index contributed by atoms with van der Waals surface area (Å²) in [6.45, 7) is 6.27. The summed E-state index contributed by atoms with van der Waals surface area (Å²) < 4.78 is 1.67. The normalized spacial score (nSPS) is 13.5. The molecule has 3 aromatic heterocycles. The number of pyridine rings is 1. The Labute approximate surface area is 171 Å². The molecule has 28 heavy (non-hydrogen) atoms. The molecule has 144 valence electrons. The third kappa shape index (κ3) is 3.69. The third-order valence-electron chi connectivity index (χ3n) is 4.78. The Balaban J connectivity index is 1.73. The molecule has 3 aromatic rings. The minimum atomic E-state index is -0.0280. The lowest BCUT2D eigenvalue weighted by Gasteiger charge is -2.13. The molecule has 0 radical (unpaired) electrons. The molecule has 4 rings (SSSR count). The van der Waals surface area contributed by atoms with E-state index in [0.29, 0.717) is 17.3 Å². The van der Waals surface area contributed by atoms with Gasteiger partial charge in [-0.05, 0) is 50.3 Å². The van der Waals surface area contributed by atoms with E-state index >= 15 is 0 Å². The maximum atomic E-state index is 13.3. The first-order chi connectivity index (χ1) is 13.5. The Morgan fingerprint density at radius 3 is 2.93 bits per heavy atom. The summed E-state index contributed by atoms with van der Waals surface area (Å²) >= 11 is 2.94. The number of hydrogen-bond acceptors (Lipinski definition) is 6. The first-order valence-corrected chi connectivity index (χ1v) is 11.1. The zero-order valence-corrected chi connectivity index (χ0v) is 17.4. The predicted octanol–water partition coefficient (Wildman–Crippen LogP) is 4.28. The van der Waals surface area contributed by atoms with Crippen molar-refractivity contribution in [3.05, 3.63) is 63.0 Å². The van der Waals surface area contributed by atoms with Crippen LogP contribution in [0.25, 0.3) is 10.2 Å². The number of allylic oxidation sites excluding steroid dienone is 1. The molecule has 3 heterocycles. The van der Waals surface area contributed by atoms with E-state index in [1.807, 2.05) is 6.92 Å². The van der Waals surface area contributed by atoms with E-state index in [-0.39, 0.29) is 17.1 Å². The quantitative estimate of drug-likeness (QED) is 0.262. The zero-order chi connectivity index (χ0) is 19.7. The Kier molecular flexibility index (Phi) is 5.46. The molecule has 1 aliphatic carbocycles. The van der Waals surface area contributed by atoms with Gasteiger partial charge in [-0.25, -0.2) is 4.98 Å². The predicted molar refractivity (Wildman–Crippen MR) is 115 cm³/mol. The number of thiophene rings is 1. The number of carbonyl (C=O) groups excluding carboxylic acids is 1. The van der Waals surface area contributed by atoms with Crippen LogP contribution in [0.1, 0.15) is 40.6 Å². The van der Waals surface area contributed by atoms with Crippen LogP contribution < -0.4 is 5.56 Å². The molecule has 0 amide bonds. The van der Waals surface area contributed by atoms with Crippen molar-refractivity contribution in [3.63, 3.8) is 0 Å². The summed E-state index contributed by atoms with van der Waals surface area (Å²) in [6, 6.07) is 3.50. The number of ketones is 1. The number of hydrogen-bond donors (Lipinski definition) is 0. The minimum absolute atomic E-state index is 0.0104. The summed E-state index contributed by atoms with van der Waals surface area (Å²) in [7, 11) is 0. The minimum Gasteiger partial charge on any atom is -0.293 e. The lowest BCUT2D eigenvalue weighted by atomic mass is 9.97. The Morgan fingerprint density at radius 2 is 2.18 bits per heavy atom. The second kappa shape index (κ2) is 8.01. The average Bonchev–Trinajstić information content (AvgIpc) is 3.07. The number of nitrogens with zero attached hydrogens (tertiary/aromatic N) is 3. The fourth-order valence-corrected chi connectivity index (χ4v) is 5.68. The van der Waals surface area contributed by atoms with Crippen LogP contribution in [0.15, 0.2) is 46.6 Å². The summed E-state index contributed by atoms with van der Waals surface area (Å²) in [5, 5.41) is 1.35. The van der Waals surface area contributed by atoms with Crippen molar-refractivity contribution in [2.24, 2.45) is 0 Å². The molecule has 0 saturated carbocycles. The highest BCUT2D eigenvalue weighted by molar-refractivity contribution is 7.99. The van der Waals surface area contributed by atoms with Gasteiger partial charge < -0.3 is 0 Å². The van der Waals surface area contributed by atoms with Gasteiger partial charge in [-0.3, -0.25) is 19.1 Å². The molecular formula is C21H21N3O2S2. The van der Waals surface area contributed by atoms with Crippen LogP contribution in [-0.4, -0.2) is 26.1 Å². The van der Waals surface area contributed by atoms with Gasteiger partial charge in [-0.2, -0.15) is 0 Å². The number of Topliss-reactive ketones (excluding diaryl/α,β-unsaturated/α-hetero) is 1. The van der Waals surface area contributed by atoms with Gasteiger partial charge in [0, 0.05) is 29.4 Å². The molecule has 0 spiro atoms. The molecule has 0 fully saturated rings. The molecule has 0 aromatic carbocycles. The summed E-state index contributed by atoms with van der Waals surface area (Å²) in [5.41, 5.74) is 2.62. The standard InChI is InChI=1S/C21H21N3O2S2/c1-13(2)11-24-20(26)18-15-7-3-4-8-17(15)28-19(18)23-21(24)27-12-16(25)14-6-5-9-22-10-14/h5-6,9-10H,1,3-4,7-8,11-12H2,2H3. The molecule has 0 bridgehead atoms. The van der Waals surface area contributed by atoms with Crippen LogP contribution in [0.2, 0.25) is 0 Å². The van der Waals surface area contributed by atoms with Crippen LogP contribution in [0.3, 0.4) is 0 Å². The zero-order valence-electron chi connectivity index (χ0n) is 15.7. The summed E-state index contributed by atoms with van der Waals surface area (Å²) in [4.78, 5) is 36.7. The number of thioether (sulfide) groups is 1. The van der Waals surface area contributed by atoms with Gasteiger partial charge in [-0.15, -0.1) is 11.3 Å². The van der Waals surface area contributed by atoms with E-state index in [1.54, 1.807) is 40.4 Å². The van der Waals surface area contributed by atoms with Gasteiger partial charge in [-0.1, -0.05) is 23.9 Å². The third-order valence-corrected chi connectivity index (χ3v) is 6.95. The smallest absolute Gasteiger partial charge is 0.263 e. The topological polar surface area (TPSA) is 64.8 Å². The maximum Gasteiger partial charge on any atom is 0.263 e. The van der Waals surface area contributed by atoms with Gasteiger partial charge in [0.15, 0.2) is 10.9 Å². The van der Waals surface area contributed by atoms with E-state index in [4.69, 9.17) is 4.98 Å². The fourth-order valence-electron chi connectivity index (χ4n) is 3.48. The van der Waals surface area contributed by atoms with Crippen LogP contribution in [0, 0.1) is 0 Å². The van der Waals surface area contributed by atoms with Crippen LogP contribution in [0.4, 0.5) is 0 Å². The Hall–Kier alpha value is -2.25. The van der Waals surface area contributed by atoms with Gasteiger partial charge in [0.1, 0.15) is 4.83 Å². The van der Waals surface area contributed by atoms with E-state index in [2.05, 4.69) is 11.6 Å². The van der Waals surface area contributed by atoms with E-state index in [1.165, 1.54) is 28.6 Å². The second-order valence-electron chi connectivity index (χ2n) is 7.09. The Bertz CT molecular complexity index is 1120. The van der Waals surface area contributed by atoms with Gasteiger partial charge in [0.2, 0.25) is 0 Å². The number of rotatable bonds is 6. The Morgan fingerprint density at radius 1 is 1.36 bits per heavy atom. The van der Waals surface area contributed by atoms with E-state index in [0.717, 1.165) is 35.1 Å². The van der Waals surface area contributed by atoms with Crippen molar-refractivity contribution in [2.45, 2.75) is 44.3 Å². The van der Waals surface area contributed by atoms with E-state index < -0.39 is 0 Å². The number of aromatic nitrogens is 3. The maximum absolute atomic E-state index is 13.3. The van der Waals surface area contributed by atoms with Crippen molar-refractivity contribution in [1.29, 1.82) is 0 Å². The molecule has 0 atom stereocenters. The van der Waals surface area contributed by atoms with Crippen LogP contribution in [-0.2, 0) is 19.4 Å². The average molecular weight is 412 g/mol. The number of aryl methyl sites for hydroxylation is 2.